The Morgan fingerprint density at radius 3 is 3.00 bits per heavy atom. The third-order valence-corrected chi connectivity index (χ3v) is 3.26. The first-order valence-electron chi connectivity index (χ1n) is 6.03. The fourth-order valence-electron chi connectivity index (χ4n) is 2.17. The molecule has 0 amide bonds. The number of hydrogen-bond acceptors (Lipinski definition) is 5. The number of aromatic nitrogens is 2. The molecule has 2 fully saturated rings. The minimum absolute atomic E-state index is 0.222. The maximum absolute atomic E-state index is 5.47. The molecule has 5 heteroatoms. The standard InChI is InChI=1S/C11H17N3O2/c1-2-12-9-6-15-5-8(9)11-13-10(14-16-11)7-3-4-7/h7-9,12H,2-6H2,1H3. The molecule has 0 radical (unpaired) electrons. The first-order chi connectivity index (χ1) is 7.88. The van der Waals surface area contributed by atoms with Gasteiger partial charge in [-0.3, -0.25) is 0 Å². The predicted molar refractivity (Wildman–Crippen MR) is 57.3 cm³/mol. The van der Waals surface area contributed by atoms with Gasteiger partial charge in [0.1, 0.15) is 0 Å². The third-order valence-electron chi connectivity index (χ3n) is 3.26. The molecule has 0 spiro atoms. The molecular formula is C11H17N3O2. The van der Waals surface area contributed by atoms with Gasteiger partial charge in [0.2, 0.25) is 5.89 Å². The van der Waals surface area contributed by atoms with E-state index in [1.54, 1.807) is 0 Å². The van der Waals surface area contributed by atoms with Gasteiger partial charge in [0.25, 0.3) is 0 Å². The van der Waals surface area contributed by atoms with E-state index < -0.39 is 0 Å². The second-order valence-electron chi connectivity index (χ2n) is 4.57. The molecular weight excluding hydrogens is 206 g/mol. The molecule has 2 unspecified atom stereocenters. The number of likely N-dealkylation sites (N-methyl/N-ethyl adjacent to an activating group) is 1. The van der Waals surface area contributed by atoms with E-state index in [9.17, 15) is 0 Å². The molecule has 1 saturated heterocycles. The molecule has 1 aromatic heterocycles. The van der Waals surface area contributed by atoms with Crippen LogP contribution in [-0.2, 0) is 4.74 Å². The van der Waals surface area contributed by atoms with E-state index in [4.69, 9.17) is 9.26 Å². The summed E-state index contributed by atoms with van der Waals surface area (Å²) in [7, 11) is 0. The molecule has 3 rings (SSSR count). The Balaban J connectivity index is 1.73. The van der Waals surface area contributed by atoms with Gasteiger partial charge in [-0.25, -0.2) is 0 Å². The molecule has 16 heavy (non-hydrogen) atoms. The summed E-state index contributed by atoms with van der Waals surface area (Å²) in [5, 5.41) is 7.44. The highest BCUT2D eigenvalue weighted by Gasteiger charge is 2.35. The second-order valence-corrected chi connectivity index (χ2v) is 4.57. The van der Waals surface area contributed by atoms with Crippen LogP contribution in [-0.4, -0.2) is 35.9 Å². The minimum Gasteiger partial charge on any atom is -0.379 e. The summed E-state index contributed by atoms with van der Waals surface area (Å²) in [6.07, 6.45) is 2.41. The van der Waals surface area contributed by atoms with E-state index in [-0.39, 0.29) is 5.92 Å². The maximum Gasteiger partial charge on any atom is 0.233 e. The third kappa shape index (κ3) is 1.85. The van der Waals surface area contributed by atoms with E-state index in [0.29, 0.717) is 18.6 Å². The van der Waals surface area contributed by atoms with Crippen LogP contribution in [0.1, 0.15) is 43.3 Å². The lowest BCUT2D eigenvalue weighted by atomic mass is 10.0. The van der Waals surface area contributed by atoms with E-state index in [1.165, 1.54) is 12.8 Å². The topological polar surface area (TPSA) is 60.2 Å². The number of hydrogen-bond donors (Lipinski definition) is 1. The van der Waals surface area contributed by atoms with Crippen molar-refractivity contribution in [2.75, 3.05) is 19.8 Å². The van der Waals surface area contributed by atoms with Crippen LogP contribution in [0.4, 0.5) is 0 Å². The summed E-state index contributed by atoms with van der Waals surface area (Å²) in [4.78, 5) is 4.49. The fraction of sp³-hybridized carbons (Fsp3) is 0.818. The van der Waals surface area contributed by atoms with Gasteiger partial charge < -0.3 is 14.6 Å². The van der Waals surface area contributed by atoms with Gasteiger partial charge in [-0.2, -0.15) is 4.98 Å². The van der Waals surface area contributed by atoms with Gasteiger partial charge in [0, 0.05) is 12.0 Å². The smallest absolute Gasteiger partial charge is 0.233 e. The van der Waals surface area contributed by atoms with E-state index in [2.05, 4.69) is 22.4 Å². The summed E-state index contributed by atoms with van der Waals surface area (Å²) >= 11 is 0. The number of rotatable bonds is 4. The zero-order chi connectivity index (χ0) is 11.0. The van der Waals surface area contributed by atoms with Crippen LogP contribution < -0.4 is 5.32 Å². The Labute approximate surface area is 94.6 Å². The van der Waals surface area contributed by atoms with Crippen molar-refractivity contribution >= 4 is 0 Å². The van der Waals surface area contributed by atoms with Crippen LogP contribution in [0.5, 0.6) is 0 Å². The molecule has 1 saturated carbocycles. The van der Waals surface area contributed by atoms with E-state index >= 15 is 0 Å². The SMILES string of the molecule is CCNC1COCC1c1nc(C2CC2)no1. The first-order valence-corrected chi connectivity index (χ1v) is 6.03. The highest BCUT2D eigenvalue weighted by molar-refractivity contribution is 5.08. The molecule has 2 heterocycles. The quantitative estimate of drug-likeness (QED) is 0.826. The monoisotopic (exact) mass is 223 g/mol. The zero-order valence-electron chi connectivity index (χ0n) is 9.48. The number of nitrogens with one attached hydrogen (secondary N) is 1. The van der Waals surface area contributed by atoms with Crippen molar-refractivity contribution in [2.45, 2.75) is 37.6 Å². The number of nitrogens with zero attached hydrogens (tertiary/aromatic N) is 2. The van der Waals surface area contributed by atoms with Crippen molar-refractivity contribution < 1.29 is 9.26 Å². The van der Waals surface area contributed by atoms with Crippen LogP contribution in [0.15, 0.2) is 4.52 Å². The predicted octanol–water partition coefficient (Wildman–Crippen LogP) is 1.04. The Hall–Kier alpha value is -0.940. The average Bonchev–Trinajstić information content (AvgIpc) is 2.85. The van der Waals surface area contributed by atoms with Crippen molar-refractivity contribution in [1.29, 1.82) is 0 Å². The lowest BCUT2D eigenvalue weighted by Gasteiger charge is -2.13. The minimum atomic E-state index is 0.222. The van der Waals surface area contributed by atoms with E-state index in [1.807, 2.05) is 0 Å². The average molecular weight is 223 g/mol. The van der Waals surface area contributed by atoms with Gasteiger partial charge in [0.05, 0.1) is 19.1 Å². The Bertz CT molecular complexity index is 362. The normalized spacial score (nSPS) is 29.8. The molecule has 1 aliphatic carbocycles. The summed E-state index contributed by atoms with van der Waals surface area (Å²) in [5.74, 6) is 2.40. The van der Waals surface area contributed by atoms with Gasteiger partial charge in [-0.1, -0.05) is 12.1 Å². The van der Waals surface area contributed by atoms with Crippen molar-refractivity contribution in [3.05, 3.63) is 11.7 Å². The Morgan fingerprint density at radius 1 is 1.38 bits per heavy atom. The summed E-state index contributed by atoms with van der Waals surface area (Å²) in [5.41, 5.74) is 0. The molecule has 2 atom stereocenters. The summed E-state index contributed by atoms with van der Waals surface area (Å²) in [6.45, 7) is 4.45. The van der Waals surface area contributed by atoms with Gasteiger partial charge in [-0.05, 0) is 19.4 Å². The van der Waals surface area contributed by atoms with E-state index in [0.717, 1.165) is 24.9 Å². The van der Waals surface area contributed by atoms with Crippen molar-refractivity contribution in [2.24, 2.45) is 0 Å². The van der Waals surface area contributed by atoms with Gasteiger partial charge in [-0.15, -0.1) is 0 Å². The van der Waals surface area contributed by atoms with Crippen LogP contribution in [0.3, 0.4) is 0 Å². The molecule has 1 aliphatic heterocycles. The molecule has 1 aromatic rings. The molecule has 2 aliphatic rings. The molecule has 1 N–H and O–H groups in total. The summed E-state index contributed by atoms with van der Waals surface area (Å²) < 4.78 is 10.8. The van der Waals surface area contributed by atoms with Crippen LogP contribution >= 0.6 is 0 Å². The maximum atomic E-state index is 5.47. The van der Waals surface area contributed by atoms with Crippen molar-refractivity contribution in [3.63, 3.8) is 0 Å². The fourth-order valence-corrected chi connectivity index (χ4v) is 2.17. The Morgan fingerprint density at radius 2 is 2.25 bits per heavy atom. The molecule has 88 valence electrons. The van der Waals surface area contributed by atoms with Crippen molar-refractivity contribution in [3.8, 4) is 0 Å². The van der Waals surface area contributed by atoms with Gasteiger partial charge in [0.15, 0.2) is 5.82 Å². The molecule has 0 aromatic carbocycles. The first kappa shape index (κ1) is 10.2. The van der Waals surface area contributed by atoms with Crippen LogP contribution in [0.25, 0.3) is 0 Å². The lowest BCUT2D eigenvalue weighted by molar-refractivity contribution is 0.185. The highest BCUT2D eigenvalue weighted by Crippen LogP contribution is 2.39. The Kier molecular flexibility index (Phi) is 2.65. The van der Waals surface area contributed by atoms with Crippen LogP contribution in [0, 0.1) is 0 Å². The second kappa shape index (κ2) is 4.14. The summed E-state index contributed by atoms with van der Waals surface area (Å²) in [6, 6.07) is 0.317. The van der Waals surface area contributed by atoms with Gasteiger partial charge >= 0.3 is 0 Å². The lowest BCUT2D eigenvalue weighted by Crippen LogP contribution is -2.34. The van der Waals surface area contributed by atoms with Crippen molar-refractivity contribution in [1.82, 2.24) is 15.5 Å². The molecule has 5 nitrogen and oxygen atoms in total. The largest absolute Gasteiger partial charge is 0.379 e. The van der Waals surface area contributed by atoms with Crippen LogP contribution in [0.2, 0.25) is 0 Å². The number of ether oxygens (including phenoxy) is 1. The molecule has 0 bridgehead atoms. The highest BCUT2D eigenvalue weighted by atomic mass is 16.5. The zero-order valence-corrected chi connectivity index (χ0v) is 9.48.